The monoisotopic (exact) mass is 819 g/mol. The smallest absolute Gasteiger partial charge is 0.338 e. The van der Waals surface area contributed by atoms with Crippen molar-refractivity contribution in [2.75, 3.05) is 20.3 Å². The normalized spacial score (nSPS) is 26.2. The maximum atomic E-state index is 13.7. The third-order valence-electron chi connectivity index (χ3n) is 8.86. The van der Waals surface area contributed by atoms with Gasteiger partial charge in [-0.15, -0.1) is 0 Å². The van der Waals surface area contributed by atoms with Crippen molar-refractivity contribution in [2.24, 2.45) is 5.11 Å². The van der Waals surface area contributed by atoms with Gasteiger partial charge >= 0.3 is 35.8 Å². The van der Waals surface area contributed by atoms with Crippen LogP contribution in [-0.2, 0) is 61.8 Å². The van der Waals surface area contributed by atoms with Gasteiger partial charge in [0.05, 0.1) is 23.3 Å². The van der Waals surface area contributed by atoms with Crippen molar-refractivity contribution in [3.63, 3.8) is 0 Å². The van der Waals surface area contributed by atoms with Crippen LogP contribution in [0.15, 0.2) is 96.1 Å². The predicted molar refractivity (Wildman–Crippen MR) is 198 cm³/mol. The third kappa shape index (κ3) is 11.6. The second-order valence-electron chi connectivity index (χ2n) is 13.0. The number of methoxy groups -OCH3 is 1. The first kappa shape index (κ1) is 43.7. The van der Waals surface area contributed by atoms with Gasteiger partial charge < -0.3 is 47.4 Å². The average Bonchev–Trinajstić information content (AvgIpc) is 3.23. The van der Waals surface area contributed by atoms with E-state index in [0.717, 1.165) is 20.8 Å². The van der Waals surface area contributed by atoms with Gasteiger partial charge in [0.25, 0.3) is 0 Å². The molecule has 2 aliphatic heterocycles. The first-order chi connectivity index (χ1) is 28.4. The van der Waals surface area contributed by atoms with E-state index in [2.05, 4.69) is 10.0 Å². The molecule has 19 heteroatoms. The molecule has 10 atom stereocenters. The fraction of sp³-hybridized carbons (Fsp3) is 0.400. The minimum atomic E-state index is -1.64. The van der Waals surface area contributed by atoms with Crippen LogP contribution in [0.2, 0.25) is 0 Å². The Hall–Kier alpha value is -6.37. The van der Waals surface area contributed by atoms with Gasteiger partial charge in [0.2, 0.25) is 0 Å². The van der Waals surface area contributed by atoms with E-state index in [1.165, 1.54) is 43.5 Å². The molecular weight excluding hydrogens is 778 g/mol. The Morgan fingerprint density at radius 2 is 0.983 bits per heavy atom. The number of nitrogens with zero attached hydrogens (tertiary/aromatic N) is 3. The Kier molecular flexibility index (Phi) is 15.5. The molecule has 0 N–H and O–H groups in total. The van der Waals surface area contributed by atoms with Crippen LogP contribution in [0, 0.1) is 0 Å². The molecule has 0 spiro atoms. The Morgan fingerprint density at radius 1 is 0.559 bits per heavy atom. The molecule has 0 bridgehead atoms. The molecule has 312 valence electrons. The molecule has 19 nitrogen and oxygen atoms in total. The first-order valence-electron chi connectivity index (χ1n) is 18.2. The lowest BCUT2D eigenvalue weighted by Crippen LogP contribution is -2.64. The second kappa shape index (κ2) is 20.9. The van der Waals surface area contributed by atoms with Gasteiger partial charge in [0.15, 0.2) is 43.1 Å². The summed E-state index contributed by atoms with van der Waals surface area (Å²) in [6, 6.07) is 22.0. The summed E-state index contributed by atoms with van der Waals surface area (Å²) in [5.74, 6) is -5.04. The number of carbonyl (C=O) groups is 6. The average molecular weight is 820 g/mol. The Bertz CT molecular complexity index is 1980. The first-order valence-corrected chi connectivity index (χ1v) is 18.2. The molecule has 0 amide bonds. The van der Waals surface area contributed by atoms with E-state index in [4.69, 9.17) is 47.4 Å². The van der Waals surface area contributed by atoms with Gasteiger partial charge in [-0.2, -0.15) is 0 Å². The van der Waals surface area contributed by atoms with E-state index in [-0.39, 0.29) is 16.7 Å². The molecular formula is C40H41N3O16. The zero-order chi connectivity index (χ0) is 42.5. The minimum Gasteiger partial charge on any atom is -0.463 e. The van der Waals surface area contributed by atoms with Gasteiger partial charge in [-0.05, 0) is 41.9 Å². The summed E-state index contributed by atoms with van der Waals surface area (Å²) in [7, 11) is 1.23. The van der Waals surface area contributed by atoms with Gasteiger partial charge in [0.1, 0.15) is 24.9 Å². The summed E-state index contributed by atoms with van der Waals surface area (Å²) < 4.78 is 58.0. The second-order valence-corrected chi connectivity index (χ2v) is 13.0. The van der Waals surface area contributed by atoms with Gasteiger partial charge in [0, 0.05) is 32.8 Å². The van der Waals surface area contributed by atoms with Crippen LogP contribution >= 0.6 is 0 Å². The van der Waals surface area contributed by atoms with Crippen LogP contribution in [0.5, 0.6) is 0 Å². The van der Waals surface area contributed by atoms with E-state index in [0.29, 0.717) is 0 Å². The SMILES string of the molecule is CO[C@H]1O[C@H](CO[C@H]2O[C@H](COC(C)=O)[C@@H](OC(C)=O)[C@H](OC(C)=O)[C@H]2N=[N+]=[N-])[C@@H](OC(=O)c2ccccc2)[C@H](OC(=O)c2ccccc2)[C@@H]1OC(=O)c1ccccc1. The molecule has 0 aliphatic carbocycles. The summed E-state index contributed by atoms with van der Waals surface area (Å²) in [6.07, 6.45) is -13.7. The summed E-state index contributed by atoms with van der Waals surface area (Å²) in [5, 5.41) is 3.73. The Morgan fingerprint density at radius 3 is 1.44 bits per heavy atom. The number of ether oxygens (including phenoxy) is 10. The highest BCUT2D eigenvalue weighted by atomic mass is 16.7. The molecule has 2 heterocycles. The number of azide groups is 1. The quantitative estimate of drug-likeness (QED) is 0.0694. The number of rotatable bonds is 15. The van der Waals surface area contributed by atoms with E-state index < -0.39 is 110 Å². The van der Waals surface area contributed by atoms with E-state index >= 15 is 0 Å². The van der Waals surface area contributed by atoms with Gasteiger partial charge in [-0.3, -0.25) is 14.4 Å². The summed E-state index contributed by atoms with van der Waals surface area (Å²) >= 11 is 0. The number of esters is 6. The lowest BCUT2D eigenvalue weighted by molar-refractivity contribution is -0.314. The highest BCUT2D eigenvalue weighted by Crippen LogP contribution is 2.34. The highest BCUT2D eigenvalue weighted by Gasteiger charge is 2.55. The van der Waals surface area contributed by atoms with E-state index in [9.17, 15) is 34.3 Å². The highest BCUT2D eigenvalue weighted by molar-refractivity contribution is 5.91. The molecule has 3 aromatic rings. The molecule has 2 fully saturated rings. The zero-order valence-corrected chi connectivity index (χ0v) is 32.2. The summed E-state index contributed by atoms with van der Waals surface area (Å²) in [6.45, 7) is 2.11. The molecule has 5 rings (SSSR count). The summed E-state index contributed by atoms with van der Waals surface area (Å²) in [5.41, 5.74) is 9.90. The van der Waals surface area contributed by atoms with Crippen molar-refractivity contribution in [1.29, 1.82) is 0 Å². The van der Waals surface area contributed by atoms with Crippen LogP contribution in [0.3, 0.4) is 0 Å². The molecule has 59 heavy (non-hydrogen) atoms. The van der Waals surface area contributed by atoms with Crippen molar-refractivity contribution < 1.29 is 76.1 Å². The Labute approximate surface area is 337 Å². The van der Waals surface area contributed by atoms with Crippen molar-refractivity contribution in [3.8, 4) is 0 Å². The van der Waals surface area contributed by atoms with Crippen molar-refractivity contribution in [3.05, 3.63) is 118 Å². The predicted octanol–water partition coefficient (Wildman–Crippen LogP) is 3.88. The van der Waals surface area contributed by atoms with Crippen molar-refractivity contribution >= 4 is 35.8 Å². The zero-order valence-electron chi connectivity index (χ0n) is 32.2. The molecule has 2 aliphatic rings. The molecule has 2 saturated heterocycles. The number of benzene rings is 3. The van der Waals surface area contributed by atoms with Gasteiger partial charge in [-0.25, -0.2) is 14.4 Å². The van der Waals surface area contributed by atoms with Crippen LogP contribution in [0.1, 0.15) is 51.8 Å². The van der Waals surface area contributed by atoms with Crippen molar-refractivity contribution in [2.45, 2.75) is 82.1 Å². The lowest BCUT2D eigenvalue weighted by Gasteiger charge is -2.46. The van der Waals surface area contributed by atoms with E-state index in [1.54, 1.807) is 54.6 Å². The Balaban J connectivity index is 1.55. The molecule has 0 aromatic heterocycles. The number of hydrogen-bond donors (Lipinski definition) is 0. The molecule has 0 radical (unpaired) electrons. The van der Waals surface area contributed by atoms with Crippen LogP contribution in [0.25, 0.3) is 10.4 Å². The van der Waals surface area contributed by atoms with Crippen molar-refractivity contribution in [1.82, 2.24) is 0 Å². The number of hydrogen-bond acceptors (Lipinski definition) is 17. The maximum Gasteiger partial charge on any atom is 0.338 e. The lowest BCUT2D eigenvalue weighted by atomic mass is 9.96. The topological polar surface area (TPSA) is 243 Å². The van der Waals surface area contributed by atoms with Gasteiger partial charge in [-0.1, -0.05) is 59.7 Å². The van der Waals surface area contributed by atoms with Crippen LogP contribution < -0.4 is 0 Å². The minimum absolute atomic E-state index is 0.0973. The summed E-state index contributed by atoms with van der Waals surface area (Å²) in [4.78, 5) is 80.1. The fourth-order valence-electron chi connectivity index (χ4n) is 6.30. The standard InChI is InChI=1S/C40H41N3O16/c1-22(44)51-20-28-31(53-23(2)45)33(54-24(3)46)30(42-43-41)39(55-28)52-21-29-32(57-36(47)25-14-8-5-9-15-25)34(58-37(48)26-16-10-6-11-17-26)35(40(50-4)56-29)59-38(49)27-18-12-7-13-19-27/h5-19,28-35,39-40H,20-21H2,1-4H3/t28-,29-,30-,31-,32-,33-,34+,35+,39+,40+/m1/s1. The third-order valence-corrected chi connectivity index (χ3v) is 8.86. The van der Waals surface area contributed by atoms with Crippen LogP contribution in [-0.4, -0.2) is 117 Å². The maximum absolute atomic E-state index is 13.7. The molecule has 3 aromatic carbocycles. The molecule has 0 unspecified atom stereocenters. The molecule has 0 saturated carbocycles. The van der Waals surface area contributed by atoms with E-state index in [1.807, 2.05) is 0 Å². The fourth-order valence-corrected chi connectivity index (χ4v) is 6.30. The number of carbonyl (C=O) groups excluding carboxylic acids is 6. The largest absolute Gasteiger partial charge is 0.463 e. The van der Waals surface area contributed by atoms with Crippen LogP contribution in [0.4, 0.5) is 0 Å².